The highest BCUT2D eigenvalue weighted by molar-refractivity contribution is 5.81. The first-order chi connectivity index (χ1) is 27.3. The van der Waals surface area contributed by atoms with Crippen molar-refractivity contribution in [3.8, 4) is 0 Å². The Morgan fingerprint density at radius 2 is 1.02 bits per heavy atom. The third-order valence-corrected chi connectivity index (χ3v) is 10.3. The van der Waals surface area contributed by atoms with Crippen LogP contribution in [0.5, 0.6) is 0 Å². The Balaban J connectivity index is 0.000000867. The number of hydrogen-bond acceptors (Lipinski definition) is 17. The standard InChI is InChI=1S/C33H54N4O15.C2HF3O2/c1-31(2)47-23-16(12-34)44-20(24(23)48-31)13(35)9-17(38)36-14(21-25-27(29(42-7)45-21)51-32(3,4)49-25)10-18(39)37-15(11-19(40)41)22-26-28(30(43-8)46-22)52-33(5,6)50-26;3-2(4,5)1(6)7/h13-16,20-30H,9-12,34-35H2,1-8H3,(H,36,38)(H,37,39)(H,40,41);(H,6,7)/t13-,14+,15-,16-,20-,21-,22-,23-,24+,25+,26+,27+,28+,29+,30+;/m1./s1. The maximum absolute atomic E-state index is 13.9. The first-order valence-electron chi connectivity index (χ1n) is 18.9. The number of carbonyl (C=O) groups is 4. The molecule has 6 saturated heterocycles. The largest absolute Gasteiger partial charge is 0.490 e. The molecule has 6 fully saturated rings. The van der Waals surface area contributed by atoms with Gasteiger partial charge in [-0.15, -0.1) is 0 Å². The molecule has 6 heterocycles. The van der Waals surface area contributed by atoms with Gasteiger partial charge in [0, 0.05) is 39.6 Å². The van der Waals surface area contributed by atoms with Gasteiger partial charge in [-0.05, 0) is 41.5 Å². The molecular weight excluding hydrogens is 805 g/mol. The number of ether oxygens (including phenoxy) is 11. The Kier molecular flexibility index (Phi) is 14.3. The highest BCUT2D eigenvalue weighted by Crippen LogP contribution is 2.43. The van der Waals surface area contributed by atoms with Gasteiger partial charge in [-0.25, -0.2) is 4.79 Å². The number of nitrogens with two attached hydrogens (primary N) is 2. The maximum atomic E-state index is 13.9. The summed E-state index contributed by atoms with van der Waals surface area (Å²) in [5.41, 5.74) is 12.5. The monoisotopic (exact) mass is 860 g/mol. The fourth-order valence-electron chi connectivity index (χ4n) is 8.21. The number of carbonyl (C=O) groups excluding carboxylic acids is 2. The number of fused-ring (bicyclic) bond motifs is 3. The summed E-state index contributed by atoms with van der Waals surface area (Å²) < 4.78 is 97.3. The van der Waals surface area contributed by atoms with Crippen LogP contribution < -0.4 is 22.1 Å². The van der Waals surface area contributed by atoms with Gasteiger partial charge in [-0.1, -0.05) is 0 Å². The normalized spacial score (nSPS) is 37.6. The Morgan fingerprint density at radius 3 is 1.41 bits per heavy atom. The third kappa shape index (κ3) is 11.0. The number of rotatable bonds is 14. The number of aliphatic carboxylic acids is 2. The van der Waals surface area contributed by atoms with Crippen LogP contribution in [-0.2, 0) is 71.3 Å². The molecule has 6 aliphatic heterocycles. The fourth-order valence-corrected chi connectivity index (χ4v) is 8.21. The summed E-state index contributed by atoms with van der Waals surface area (Å²) in [6.45, 7) is 10.7. The van der Waals surface area contributed by atoms with E-state index in [1.807, 2.05) is 0 Å². The predicted molar refractivity (Wildman–Crippen MR) is 188 cm³/mol. The van der Waals surface area contributed by atoms with Gasteiger partial charge >= 0.3 is 18.1 Å². The lowest BCUT2D eigenvalue weighted by Crippen LogP contribution is -2.55. The fraction of sp³-hybridized carbons (Fsp3) is 0.886. The molecule has 0 unspecified atom stereocenters. The van der Waals surface area contributed by atoms with Crippen molar-refractivity contribution in [2.75, 3.05) is 20.8 Å². The van der Waals surface area contributed by atoms with Crippen LogP contribution in [-0.4, -0.2) is 170 Å². The highest BCUT2D eigenvalue weighted by Gasteiger charge is 2.60. The molecule has 8 N–H and O–H groups in total. The molecule has 338 valence electrons. The first kappa shape index (κ1) is 47.2. The molecule has 6 aliphatic rings. The minimum absolute atomic E-state index is 0.174. The quantitative estimate of drug-likeness (QED) is 0.125. The lowest BCUT2D eigenvalue weighted by Gasteiger charge is -2.32. The van der Waals surface area contributed by atoms with Crippen LogP contribution in [0.15, 0.2) is 0 Å². The predicted octanol–water partition coefficient (Wildman–Crippen LogP) is -0.799. The topological polar surface area (TPSA) is 286 Å². The SMILES string of the molecule is CO[C@H]1O[C@H]([C@H](CC(=O)N[C@H](CC(=O)O)[C@H]2O[C@H](OC)[C@H]3OC(C)(C)O[C@H]32)NC(=O)C[C@@H](N)[C@H]2O[C@H](CN)[C@H]3OC(C)(C)O[C@@H]23)[C@@H]2OC(C)(C)O[C@H]12.O=C(O)C(F)(F)F. The number of methoxy groups -OCH3 is 2. The van der Waals surface area contributed by atoms with Gasteiger partial charge in [0.15, 0.2) is 29.9 Å². The second kappa shape index (κ2) is 17.9. The average Bonchev–Trinajstić information content (AvgIpc) is 3.91. The van der Waals surface area contributed by atoms with Crippen molar-refractivity contribution < 1.29 is 94.7 Å². The van der Waals surface area contributed by atoms with Crippen molar-refractivity contribution in [1.29, 1.82) is 0 Å². The molecule has 59 heavy (non-hydrogen) atoms. The lowest BCUT2D eigenvalue weighted by atomic mass is 9.97. The minimum Gasteiger partial charge on any atom is -0.481 e. The Morgan fingerprint density at radius 1 is 0.644 bits per heavy atom. The molecule has 0 radical (unpaired) electrons. The third-order valence-electron chi connectivity index (χ3n) is 10.3. The van der Waals surface area contributed by atoms with Gasteiger partial charge < -0.3 is 84.4 Å². The zero-order valence-corrected chi connectivity index (χ0v) is 33.8. The van der Waals surface area contributed by atoms with Gasteiger partial charge in [0.25, 0.3) is 0 Å². The Hall–Kier alpha value is -2.85. The molecular formula is C35H55F3N4O17. The molecule has 0 saturated carbocycles. The lowest BCUT2D eigenvalue weighted by molar-refractivity contribution is -0.230. The smallest absolute Gasteiger partial charge is 0.481 e. The molecule has 15 atom stereocenters. The molecule has 6 rings (SSSR count). The van der Waals surface area contributed by atoms with E-state index >= 15 is 0 Å². The average molecular weight is 861 g/mol. The van der Waals surface area contributed by atoms with Crippen molar-refractivity contribution in [3.05, 3.63) is 0 Å². The van der Waals surface area contributed by atoms with Crippen LogP contribution in [0, 0.1) is 0 Å². The summed E-state index contributed by atoms with van der Waals surface area (Å²) in [4.78, 5) is 48.6. The molecule has 0 bridgehead atoms. The van der Waals surface area contributed by atoms with Crippen LogP contribution in [0.1, 0.15) is 60.8 Å². The molecule has 24 heteroatoms. The van der Waals surface area contributed by atoms with Crippen LogP contribution in [0.2, 0.25) is 0 Å². The van der Waals surface area contributed by atoms with Gasteiger partial charge in [-0.3, -0.25) is 14.4 Å². The molecule has 0 aliphatic carbocycles. The maximum Gasteiger partial charge on any atom is 0.490 e. The number of carboxylic acids is 2. The molecule has 0 spiro atoms. The van der Waals surface area contributed by atoms with Crippen molar-refractivity contribution in [2.45, 2.75) is 176 Å². The zero-order chi connectivity index (χ0) is 44.0. The van der Waals surface area contributed by atoms with Crippen LogP contribution in [0.4, 0.5) is 13.2 Å². The second-order valence-electron chi connectivity index (χ2n) is 16.3. The first-order valence-corrected chi connectivity index (χ1v) is 18.9. The zero-order valence-electron chi connectivity index (χ0n) is 33.8. The van der Waals surface area contributed by atoms with Crippen molar-refractivity contribution >= 4 is 23.8 Å². The highest BCUT2D eigenvalue weighted by atomic mass is 19.4. The summed E-state index contributed by atoms with van der Waals surface area (Å²) >= 11 is 0. The number of alkyl halides is 3. The summed E-state index contributed by atoms with van der Waals surface area (Å²) in [5, 5.41) is 22.7. The van der Waals surface area contributed by atoms with E-state index in [0.29, 0.717) is 0 Å². The van der Waals surface area contributed by atoms with Crippen molar-refractivity contribution in [1.82, 2.24) is 10.6 Å². The Bertz CT molecular complexity index is 1540. The van der Waals surface area contributed by atoms with E-state index in [1.165, 1.54) is 14.2 Å². The summed E-state index contributed by atoms with van der Waals surface area (Å²) in [5.74, 6) is -7.92. The van der Waals surface area contributed by atoms with Crippen LogP contribution in [0.25, 0.3) is 0 Å². The van der Waals surface area contributed by atoms with E-state index in [-0.39, 0.29) is 19.4 Å². The second-order valence-corrected chi connectivity index (χ2v) is 16.3. The number of carboxylic acid groups (broad SMARTS) is 2. The minimum atomic E-state index is -5.08. The Labute approximate surface area is 337 Å². The van der Waals surface area contributed by atoms with E-state index < -0.39 is 145 Å². The number of halogens is 3. The summed E-state index contributed by atoms with van der Waals surface area (Å²) in [6, 6.07) is -2.90. The van der Waals surface area contributed by atoms with Gasteiger partial charge in [0.1, 0.15) is 54.9 Å². The van der Waals surface area contributed by atoms with E-state index in [9.17, 15) is 32.7 Å². The molecule has 21 nitrogen and oxygen atoms in total. The molecule has 0 aromatic heterocycles. The van der Waals surface area contributed by atoms with Gasteiger partial charge in [0.05, 0.1) is 24.6 Å². The van der Waals surface area contributed by atoms with Crippen LogP contribution >= 0.6 is 0 Å². The van der Waals surface area contributed by atoms with E-state index in [0.717, 1.165) is 0 Å². The summed E-state index contributed by atoms with van der Waals surface area (Å²) in [7, 11) is 2.89. The van der Waals surface area contributed by atoms with Crippen molar-refractivity contribution in [3.63, 3.8) is 0 Å². The van der Waals surface area contributed by atoms with Gasteiger partial charge in [-0.2, -0.15) is 13.2 Å². The van der Waals surface area contributed by atoms with Gasteiger partial charge in [0.2, 0.25) is 11.8 Å². The van der Waals surface area contributed by atoms with E-state index in [1.54, 1.807) is 41.5 Å². The molecule has 0 aromatic carbocycles. The number of nitrogens with one attached hydrogen (secondary N) is 2. The molecule has 0 aromatic rings. The van der Waals surface area contributed by atoms with E-state index in [2.05, 4.69) is 10.6 Å². The summed E-state index contributed by atoms with van der Waals surface area (Å²) in [6.07, 6.45) is -14.6. The van der Waals surface area contributed by atoms with Crippen molar-refractivity contribution in [2.24, 2.45) is 11.5 Å². The van der Waals surface area contributed by atoms with E-state index in [4.69, 9.17) is 73.5 Å². The van der Waals surface area contributed by atoms with Crippen LogP contribution in [0.3, 0.4) is 0 Å². The molecule has 2 amide bonds. The number of hydrogen-bond donors (Lipinski definition) is 6. The number of amides is 2.